The minimum absolute atomic E-state index is 0.133. The second kappa shape index (κ2) is 5.63. The molecule has 2 aromatic rings. The Morgan fingerprint density at radius 2 is 1.76 bits per heavy atom. The summed E-state index contributed by atoms with van der Waals surface area (Å²) in [6, 6.07) is 17.7. The van der Waals surface area contributed by atoms with Crippen LogP contribution in [0.3, 0.4) is 0 Å². The van der Waals surface area contributed by atoms with Gasteiger partial charge in [0.05, 0.1) is 6.04 Å². The van der Waals surface area contributed by atoms with E-state index in [1.165, 1.54) is 41.5 Å². The molecule has 1 saturated carbocycles. The highest BCUT2D eigenvalue weighted by molar-refractivity contribution is 5.40. The standard InChI is InChI=1S/C19H24N2/c1-14-9-10-15(2)17(13-14)18(21-20)19(11-6-12-19)16-7-4-3-5-8-16/h3-5,7-10,13,18,21H,6,11-12,20H2,1-2H3. The summed E-state index contributed by atoms with van der Waals surface area (Å²) >= 11 is 0. The van der Waals surface area contributed by atoms with E-state index in [1.54, 1.807) is 0 Å². The normalized spacial score (nSPS) is 18.0. The quantitative estimate of drug-likeness (QED) is 0.658. The van der Waals surface area contributed by atoms with Gasteiger partial charge in [-0.25, -0.2) is 0 Å². The van der Waals surface area contributed by atoms with Crippen molar-refractivity contribution in [1.29, 1.82) is 0 Å². The topological polar surface area (TPSA) is 38.0 Å². The summed E-state index contributed by atoms with van der Waals surface area (Å²) in [5, 5.41) is 0. The van der Waals surface area contributed by atoms with E-state index in [0.29, 0.717) is 0 Å². The summed E-state index contributed by atoms with van der Waals surface area (Å²) in [5.74, 6) is 6.01. The molecule has 0 saturated heterocycles. The van der Waals surface area contributed by atoms with Gasteiger partial charge in [-0.3, -0.25) is 11.3 Å². The Hall–Kier alpha value is -1.64. The van der Waals surface area contributed by atoms with Crippen molar-refractivity contribution in [2.45, 2.75) is 44.6 Å². The zero-order valence-corrected chi connectivity index (χ0v) is 12.9. The molecule has 1 fully saturated rings. The Morgan fingerprint density at radius 3 is 2.33 bits per heavy atom. The predicted octanol–water partition coefficient (Wildman–Crippen LogP) is 3.93. The average molecular weight is 280 g/mol. The third kappa shape index (κ3) is 2.39. The smallest absolute Gasteiger partial charge is 0.0559 e. The Bertz CT molecular complexity index is 615. The second-order valence-corrected chi connectivity index (χ2v) is 6.34. The zero-order chi connectivity index (χ0) is 14.9. The summed E-state index contributed by atoms with van der Waals surface area (Å²) in [6.45, 7) is 4.32. The molecule has 2 nitrogen and oxygen atoms in total. The molecule has 3 rings (SSSR count). The molecule has 0 aromatic heterocycles. The van der Waals surface area contributed by atoms with E-state index < -0.39 is 0 Å². The van der Waals surface area contributed by atoms with Crippen LogP contribution in [0.25, 0.3) is 0 Å². The number of hydrogen-bond acceptors (Lipinski definition) is 2. The first-order valence-electron chi connectivity index (χ1n) is 7.76. The van der Waals surface area contributed by atoms with Gasteiger partial charge in [-0.2, -0.15) is 0 Å². The van der Waals surface area contributed by atoms with Crippen molar-refractivity contribution >= 4 is 0 Å². The zero-order valence-electron chi connectivity index (χ0n) is 12.9. The summed E-state index contributed by atoms with van der Waals surface area (Å²) in [4.78, 5) is 0. The molecular weight excluding hydrogens is 256 g/mol. The first-order valence-corrected chi connectivity index (χ1v) is 7.76. The van der Waals surface area contributed by atoms with Gasteiger partial charge in [0.1, 0.15) is 0 Å². The highest BCUT2D eigenvalue weighted by atomic mass is 15.2. The van der Waals surface area contributed by atoms with Crippen molar-refractivity contribution < 1.29 is 0 Å². The largest absolute Gasteiger partial charge is 0.271 e. The van der Waals surface area contributed by atoms with E-state index in [0.717, 1.165) is 0 Å². The minimum atomic E-state index is 0.133. The van der Waals surface area contributed by atoms with Gasteiger partial charge in [-0.1, -0.05) is 60.5 Å². The van der Waals surface area contributed by atoms with Crippen molar-refractivity contribution in [1.82, 2.24) is 5.43 Å². The highest BCUT2D eigenvalue weighted by Gasteiger charge is 2.46. The van der Waals surface area contributed by atoms with Crippen molar-refractivity contribution in [3.63, 3.8) is 0 Å². The summed E-state index contributed by atoms with van der Waals surface area (Å²) in [7, 11) is 0. The average Bonchev–Trinajstić information content (AvgIpc) is 2.46. The molecule has 0 radical (unpaired) electrons. The van der Waals surface area contributed by atoms with Gasteiger partial charge >= 0.3 is 0 Å². The van der Waals surface area contributed by atoms with Crippen LogP contribution < -0.4 is 11.3 Å². The number of nitrogens with two attached hydrogens (primary N) is 1. The van der Waals surface area contributed by atoms with Gasteiger partial charge < -0.3 is 0 Å². The van der Waals surface area contributed by atoms with Crippen LogP contribution in [-0.2, 0) is 5.41 Å². The number of hydrazine groups is 1. The van der Waals surface area contributed by atoms with Gasteiger partial charge in [-0.15, -0.1) is 0 Å². The van der Waals surface area contributed by atoms with Crippen LogP contribution in [-0.4, -0.2) is 0 Å². The van der Waals surface area contributed by atoms with Crippen molar-refractivity contribution in [3.05, 3.63) is 70.8 Å². The fourth-order valence-electron chi connectivity index (χ4n) is 3.69. The lowest BCUT2D eigenvalue weighted by molar-refractivity contribution is 0.169. The van der Waals surface area contributed by atoms with E-state index in [1.807, 2.05) is 0 Å². The second-order valence-electron chi connectivity index (χ2n) is 6.34. The summed E-state index contributed by atoms with van der Waals surface area (Å²) < 4.78 is 0. The fraction of sp³-hybridized carbons (Fsp3) is 0.368. The monoisotopic (exact) mass is 280 g/mol. The Balaban J connectivity index is 2.08. The molecule has 1 unspecified atom stereocenters. The SMILES string of the molecule is Cc1ccc(C)c(C(NN)C2(c3ccccc3)CCC2)c1. The molecule has 0 heterocycles. The minimum Gasteiger partial charge on any atom is -0.271 e. The highest BCUT2D eigenvalue weighted by Crippen LogP contribution is 2.52. The van der Waals surface area contributed by atoms with E-state index in [9.17, 15) is 0 Å². The summed E-state index contributed by atoms with van der Waals surface area (Å²) in [5.41, 5.74) is 8.60. The maximum absolute atomic E-state index is 6.01. The maximum Gasteiger partial charge on any atom is 0.0559 e. The molecule has 1 aliphatic rings. The summed E-state index contributed by atoms with van der Waals surface area (Å²) in [6.07, 6.45) is 3.66. The number of nitrogens with one attached hydrogen (secondary N) is 1. The van der Waals surface area contributed by atoms with Crippen LogP contribution in [0.1, 0.15) is 47.6 Å². The molecule has 1 atom stereocenters. The van der Waals surface area contributed by atoms with Crippen molar-refractivity contribution in [3.8, 4) is 0 Å². The maximum atomic E-state index is 6.01. The van der Waals surface area contributed by atoms with Gasteiger partial charge in [0.25, 0.3) is 0 Å². The van der Waals surface area contributed by atoms with Crippen LogP contribution in [0.5, 0.6) is 0 Å². The van der Waals surface area contributed by atoms with Crippen LogP contribution in [0.15, 0.2) is 48.5 Å². The number of benzene rings is 2. The molecule has 2 aromatic carbocycles. The van der Waals surface area contributed by atoms with Crippen molar-refractivity contribution in [2.75, 3.05) is 0 Å². The van der Waals surface area contributed by atoms with Crippen LogP contribution in [0.2, 0.25) is 0 Å². The molecule has 2 heteroatoms. The van der Waals surface area contributed by atoms with Gasteiger partial charge in [0.2, 0.25) is 0 Å². The Morgan fingerprint density at radius 1 is 1.05 bits per heavy atom. The molecule has 0 amide bonds. The van der Waals surface area contributed by atoms with Gasteiger partial charge in [-0.05, 0) is 43.4 Å². The van der Waals surface area contributed by atoms with Gasteiger partial charge in [0, 0.05) is 5.41 Å². The molecule has 1 aliphatic carbocycles. The van der Waals surface area contributed by atoms with E-state index >= 15 is 0 Å². The van der Waals surface area contributed by atoms with Crippen LogP contribution in [0, 0.1) is 13.8 Å². The predicted molar refractivity (Wildman–Crippen MR) is 88.0 cm³/mol. The van der Waals surface area contributed by atoms with Crippen molar-refractivity contribution in [2.24, 2.45) is 5.84 Å². The van der Waals surface area contributed by atoms with E-state index in [2.05, 4.69) is 67.8 Å². The first-order chi connectivity index (χ1) is 10.2. The molecule has 110 valence electrons. The third-order valence-electron chi connectivity index (χ3n) is 5.06. The third-order valence-corrected chi connectivity index (χ3v) is 5.06. The molecular formula is C19H24N2. The fourth-order valence-corrected chi connectivity index (χ4v) is 3.69. The lowest BCUT2D eigenvalue weighted by Gasteiger charge is -2.48. The number of rotatable bonds is 4. The van der Waals surface area contributed by atoms with E-state index in [4.69, 9.17) is 5.84 Å². The Labute approximate surface area is 127 Å². The van der Waals surface area contributed by atoms with E-state index in [-0.39, 0.29) is 11.5 Å². The molecule has 3 N–H and O–H groups in total. The number of hydrogen-bond donors (Lipinski definition) is 2. The van der Waals surface area contributed by atoms with Gasteiger partial charge in [0.15, 0.2) is 0 Å². The lowest BCUT2D eigenvalue weighted by Crippen LogP contribution is -2.49. The molecule has 0 spiro atoms. The van der Waals surface area contributed by atoms with Crippen LogP contribution in [0.4, 0.5) is 0 Å². The Kier molecular flexibility index (Phi) is 3.83. The molecule has 0 bridgehead atoms. The van der Waals surface area contributed by atoms with Crippen LogP contribution >= 0.6 is 0 Å². The molecule has 21 heavy (non-hydrogen) atoms. The lowest BCUT2D eigenvalue weighted by atomic mass is 9.58. The first kappa shape index (κ1) is 14.3. The molecule has 0 aliphatic heterocycles. The number of aryl methyl sites for hydroxylation is 2.